The number of nitrogen functional groups attached to an aromatic ring is 2. The van der Waals surface area contributed by atoms with Crippen molar-refractivity contribution < 1.29 is 88.5 Å². The lowest BCUT2D eigenvalue weighted by molar-refractivity contribution is -0.152. The molecular formula is C98H122Cl9F5N12O16S. The van der Waals surface area contributed by atoms with Crippen LogP contribution in [0.3, 0.4) is 0 Å². The summed E-state index contributed by atoms with van der Waals surface area (Å²) in [6, 6.07) is 22.2. The van der Waals surface area contributed by atoms with E-state index in [1.54, 1.807) is 32.3 Å². The number of hydrogen-bond acceptors (Lipinski definition) is 25. The number of hydrogen-bond donors (Lipinski definition) is 6. The Hall–Kier alpha value is -10.5. The molecule has 0 saturated heterocycles. The lowest BCUT2D eigenvalue weighted by atomic mass is 9.82. The van der Waals surface area contributed by atoms with Gasteiger partial charge in [0.05, 0.1) is 69.3 Å². The molecule has 774 valence electrons. The molecule has 43 heteroatoms. The van der Waals surface area contributed by atoms with Gasteiger partial charge in [0.2, 0.25) is 9.23 Å². The van der Waals surface area contributed by atoms with Gasteiger partial charge in [-0.05, 0) is 149 Å². The molecule has 0 aliphatic rings. The number of aliphatic hydroxyl groups is 1. The van der Waals surface area contributed by atoms with Crippen LogP contribution in [0.25, 0.3) is 45.6 Å². The van der Waals surface area contributed by atoms with Gasteiger partial charge in [-0.15, -0.1) is 0 Å². The van der Waals surface area contributed by atoms with E-state index < -0.39 is 68.1 Å². The van der Waals surface area contributed by atoms with E-state index >= 15 is 0 Å². The van der Waals surface area contributed by atoms with E-state index in [0.717, 1.165) is 11.1 Å². The van der Waals surface area contributed by atoms with E-state index in [2.05, 4.69) is 89.9 Å². The predicted molar refractivity (Wildman–Crippen MR) is 551 cm³/mol. The molecule has 10 aromatic rings. The van der Waals surface area contributed by atoms with Crippen LogP contribution in [0.15, 0.2) is 144 Å². The molecule has 5 heterocycles. The SMILES string of the molecule is CC(C)(C)c1cnc(-c2cc(Cl)ccc2F)[nH]c1=O.CC(C)(C)c1cnc(-c2cc(Cl)ccc2F)[nH]c1=O.CC(C)(C)c1cnc(-c2cc(Cl)ccc2F)nc1Cl.CC(C)(C)c1cnc(-c2cc(Cl)ccc2F)nc1Cl.CCO.CCOC=O.COC(=O)C(C=O)C(C)(C)C.COC(=O)C(C=O)C(C)(C)C.COC(=O)CC(C)(C)C.COC(=O)c1cnccc1N.N=C(N)c1cc(Cl)ccc1F.O=S(Cl)Cl. The van der Waals surface area contributed by atoms with E-state index in [0.29, 0.717) is 89.9 Å². The molecule has 2 atom stereocenters. The molecule has 28 nitrogen and oxygen atoms in total. The summed E-state index contributed by atoms with van der Waals surface area (Å²) >= 11 is 41.2. The molecule has 8 N–H and O–H groups in total. The van der Waals surface area contributed by atoms with E-state index in [1.807, 2.05) is 145 Å². The number of rotatable bonds is 13. The van der Waals surface area contributed by atoms with Crippen LogP contribution >= 0.6 is 103 Å². The number of anilines is 1. The molecule has 0 bridgehead atoms. The highest BCUT2D eigenvalue weighted by molar-refractivity contribution is 8.26. The van der Waals surface area contributed by atoms with Gasteiger partial charge in [0.1, 0.15) is 86.8 Å². The third kappa shape index (κ3) is 50.3. The molecule has 10 rings (SSSR count). The summed E-state index contributed by atoms with van der Waals surface area (Å²) in [5.74, 6) is -4.67. The van der Waals surface area contributed by atoms with E-state index in [4.69, 9.17) is 107 Å². The van der Waals surface area contributed by atoms with Gasteiger partial charge in [0.15, 0.2) is 11.6 Å². The van der Waals surface area contributed by atoms with E-state index in [9.17, 15) is 65.1 Å². The number of carbonyl (C=O) groups is 7. The minimum absolute atomic E-state index is 0.0394. The molecule has 141 heavy (non-hydrogen) atoms. The van der Waals surface area contributed by atoms with Gasteiger partial charge in [0, 0.05) is 118 Å². The second kappa shape index (κ2) is 62.8. The molecule has 0 aliphatic heterocycles. The number of carbonyl (C=O) groups excluding carboxylic acids is 7. The van der Waals surface area contributed by atoms with Gasteiger partial charge in [-0.1, -0.05) is 227 Å². The van der Waals surface area contributed by atoms with Crippen LogP contribution in [-0.4, -0.2) is 145 Å². The van der Waals surface area contributed by atoms with Crippen LogP contribution in [0, 0.1) is 62.6 Å². The molecule has 0 saturated carbocycles. The zero-order valence-corrected chi connectivity index (χ0v) is 90.9. The van der Waals surface area contributed by atoms with E-state index in [1.165, 1.54) is 144 Å². The van der Waals surface area contributed by atoms with Gasteiger partial charge < -0.3 is 59.8 Å². The number of aromatic amines is 2. The first-order valence-electron chi connectivity index (χ1n) is 42.1. The Kier molecular flexibility index (Phi) is 59.0. The number of H-pyrrole nitrogens is 2. The van der Waals surface area contributed by atoms with Gasteiger partial charge >= 0.3 is 23.9 Å². The smallest absolute Gasteiger partial charge is 0.341 e. The summed E-state index contributed by atoms with van der Waals surface area (Å²) in [7, 11) is 12.6. The Morgan fingerprint density at radius 2 is 0.773 bits per heavy atom. The van der Waals surface area contributed by atoms with Crippen molar-refractivity contribution in [2.45, 2.75) is 187 Å². The monoisotopic (exact) mass is 2160 g/mol. The number of ether oxygens (including phenoxy) is 5. The number of nitrogens with one attached hydrogen (secondary N) is 3. The van der Waals surface area contributed by atoms with Gasteiger partial charge in [-0.3, -0.25) is 39.2 Å². The maximum Gasteiger partial charge on any atom is 0.341 e. The third-order valence-electron chi connectivity index (χ3n) is 17.7. The van der Waals surface area contributed by atoms with Crippen LogP contribution < -0.4 is 22.6 Å². The van der Waals surface area contributed by atoms with Gasteiger partial charge in [-0.2, -0.15) is 0 Å². The van der Waals surface area contributed by atoms with Crippen molar-refractivity contribution in [3.63, 3.8) is 0 Å². The standard InChI is InChI=1S/2C14H13Cl2FN2.2C14H14ClFN2O.2C8H14O3.C7H6ClFN2.C7H8N2O2.C7H14O2.C3H6O2.C2H6O.Cl2OS/c2*1-14(2,3)10-7-18-13(19-12(10)16)9-6-8(15)4-5-11(9)17;2*1-14(2,3)10-7-17-12(18-13(10)19)9-6-8(15)4-5-11(9)16;2*1-8(2,3)6(5-9)7(10)11-4;8-4-1-2-6(9)5(3-4)7(10)11;1-11-7(10)5-4-9-3-2-6(5)8;1-7(2,3)5-6(8)9-4;1-2-5-3-4;1-2-3;1-4(2)3/h2*4-7H,1-3H3;2*4-7H,1-3H3,(H,17,18,19);2*5-6H,1-4H3;1-3H,(H3,10,11);2-4H,1H3,(H2,8,9);5H2,1-4H3;3H,2H2,1H3;3H,2H2,1H3;. The molecule has 0 spiro atoms. The van der Waals surface area contributed by atoms with Crippen molar-refractivity contribution in [2.75, 3.05) is 47.4 Å². The van der Waals surface area contributed by atoms with Gasteiger partial charge in [0.25, 0.3) is 17.6 Å². The van der Waals surface area contributed by atoms with Crippen LogP contribution in [0.1, 0.15) is 204 Å². The largest absolute Gasteiger partial charge is 0.469 e. The molecule has 0 amide bonds. The number of benzene rings is 5. The fourth-order valence-electron chi connectivity index (χ4n) is 10.3. The fraction of sp³-hybridized carbons (Fsp3) is 0.398. The number of nitrogens with two attached hydrogens (primary N) is 2. The third-order valence-corrected chi connectivity index (χ3v) is 19.4. The number of halogens is 14. The van der Waals surface area contributed by atoms with Crippen molar-refractivity contribution >= 4 is 166 Å². The highest BCUT2D eigenvalue weighted by Gasteiger charge is 2.33. The Balaban J connectivity index is 0. The molecule has 0 fully saturated rings. The zero-order valence-electron chi connectivity index (χ0n) is 83.3. The maximum atomic E-state index is 13.7. The average Bonchev–Trinajstić information content (AvgIpc) is 0.812. The topological polar surface area (TPSA) is 435 Å². The Morgan fingerprint density at radius 1 is 0.468 bits per heavy atom. The van der Waals surface area contributed by atoms with Crippen LogP contribution in [0.2, 0.25) is 35.4 Å². The number of aldehydes is 2. The summed E-state index contributed by atoms with van der Waals surface area (Å²) in [6.45, 7) is 45.1. The summed E-state index contributed by atoms with van der Waals surface area (Å²) in [5, 5.41) is 17.2. The highest BCUT2D eigenvalue weighted by atomic mass is 36.0. The van der Waals surface area contributed by atoms with E-state index in [-0.39, 0.29) is 119 Å². The lowest BCUT2D eigenvalue weighted by Gasteiger charge is -2.22. The first-order chi connectivity index (χ1) is 64.9. The second-order valence-electron chi connectivity index (χ2n) is 36.6. The summed E-state index contributed by atoms with van der Waals surface area (Å²) in [6.07, 6.45) is 10.9. The van der Waals surface area contributed by atoms with Gasteiger partial charge in [-0.25, -0.2) is 60.9 Å². The second-order valence-corrected chi connectivity index (χ2v) is 42.0. The number of esters is 4. The van der Waals surface area contributed by atoms with Crippen molar-refractivity contribution in [3.05, 3.63) is 253 Å². The molecule has 0 aliphatic carbocycles. The number of amidine groups is 1. The number of methoxy groups -OCH3 is 4. The van der Waals surface area contributed by atoms with Crippen molar-refractivity contribution in [3.8, 4) is 45.6 Å². The minimum atomic E-state index is -1.67. The maximum absolute atomic E-state index is 13.7. The fourth-order valence-corrected chi connectivity index (χ4v) is 11.9. The first kappa shape index (κ1) is 133. The highest BCUT2D eigenvalue weighted by Crippen LogP contribution is 2.35. The summed E-state index contributed by atoms with van der Waals surface area (Å²) < 4.78 is 98.7. The Morgan fingerprint density at radius 3 is 0.993 bits per heavy atom. The number of aromatic nitrogens is 9. The lowest BCUT2D eigenvalue weighted by Crippen LogP contribution is -2.30. The van der Waals surface area contributed by atoms with Crippen LogP contribution in [0.5, 0.6) is 0 Å². The Bertz CT molecular complexity index is 5640. The summed E-state index contributed by atoms with van der Waals surface area (Å²) in [5.41, 5.74) is 12.7. The molecule has 0 radical (unpaired) electrons. The Labute approximate surface area is 865 Å². The average molecular weight is 2170 g/mol. The minimum Gasteiger partial charge on any atom is -0.469 e. The van der Waals surface area contributed by atoms with Crippen LogP contribution in [-0.2, 0) is 83.3 Å². The zero-order chi connectivity index (χ0) is 110. The molecule has 5 aromatic carbocycles. The molecular weight excluding hydrogens is 2050 g/mol. The molecule has 2 unspecified atom stereocenters. The first-order valence-corrected chi connectivity index (χ1v) is 47.5. The predicted octanol–water partition coefficient (Wildman–Crippen LogP) is 23.9. The van der Waals surface area contributed by atoms with Crippen molar-refractivity contribution in [1.29, 1.82) is 5.41 Å². The van der Waals surface area contributed by atoms with Crippen LogP contribution in [0.4, 0.5) is 27.6 Å². The quantitative estimate of drug-likeness (QED) is 0.00718. The number of nitrogens with zero attached hydrogens (tertiary/aromatic N) is 7. The van der Waals surface area contributed by atoms with Crippen molar-refractivity contribution in [1.82, 2.24) is 44.9 Å². The summed E-state index contributed by atoms with van der Waals surface area (Å²) in [4.78, 5) is 131. The molecule has 5 aromatic heterocycles. The number of pyridine rings is 1. The normalized spacial score (nSPS) is 11.2. The number of aliphatic hydroxyl groups excluding tert-OH is 1. The van der Waals surface area contributed by atoms with Crippen molar-refractivity contribution in [2.24, 2.45) is 33.8 Å².